The zero-order valence-corrected chi connectivity index (χ0v) is 17.0. The Labute approximate surface area is 167 Å². The predicted octanol–water partition coefficient (Wildman–Crippen LogP) is 3.56. The lowest BCUT2D eigenvalue weighted by molar-refractivity contribution is -0.118. The summed E-state index contributed by atoms with van der Waals surface area (Å²) in [5, 5.41) is 2.84. The van der Waals surface area contributed by atoms with Crippen molar-refractivity contribution in [2.24, 2.45) is 0 Å². The molecular formula is C23H30FN3O. The highest BCUT2D eigenvalue weighted by atomic mass is 19.1. The molecule has 2 aromatic rings. The molecule has 0 atom stereocenters. The van der Waals surface area contributed by atoms with Crippen molar-refractivity contribution in [3.05, 3.63) is 65.5 Å². The van der Waals surface area contributed by atoms with Gasteiger partial charge in [0.05, 0.1) is 0 Å². The first-order valence-corrected chi connectivity index (χ1v) is 9.96. The van der Waals surface area contributed by atoms with Gasteiger partial charge in [-0.1, -0.05) is 24.3 Å². The Balaban J connectivity index is 1.58. The zero-order chi connectivity index (χ0) is 20.1. The zero-order valence-electron chi connectivity index (χ0n) is 17.0. The average molecular weight is 384 g/mol. The van der Waals surface area contributed by atoms with Crippen LogP contribution in [0.1, 0.15) is 31.9 Å². The minimum Gasteiger partial charge on any atom is -0.369 e. The number of carbonyl (C=O) groups is 1. The van der Waals surface area contributed by atoms with E-state index in [9.17, 15) is 9.18 Å². The second-order valence-electron chi connectivity index (χ2n) is 7.94. The maximum absolute atomic E-state index is 13.1. The van der Waals surface area contributed by atoms with Gasteiger partial charge in [-0.2, -0.15) is 0 Å². The summed E-state index contributed by atoms with van der Waals surface area (Å²) < 4.78 is 13.1. The minimum absolute atomic E-state index is 0.0116. The molecule has 0 saturated carbocycles. The van der Waals surface area contributed by atoms with Crippen LogP contribution >= 0.6 is 0 Å². The standard InChI is InChI=1S/C23H30FN3O/c1-18(28)25-13-12-19-4-6-20(7-5-19)23(2,3)27-16-14-26(15-17-27)22-10-8-21(24)9-11-22/h4-11H,12-17H2,1-3H3,(H,25,28). The van der Waals surface area contributed by atoms with Crippen molar-refractivity contribution in [1.29, 1.82) is 0 Å². The number of anilines is 1. The molecule has 0 spiro atoms. The lowest BCUT2D eigenvalue weighted by atomic mass is 9.90. The highest BCUT2D eigenvalue weighted by Gasteiger charge is 2.31. The van der Waals surface area contributed by atoms with Crippen LogP contribution in [-0.4, -0.2) is 43.5 Å². The molecule has 1 aliphatic heterocycles. The molecule has 4 nitrogen and oxygen atoms in total. The van der Waals surface area contributed by atoms with Gasteiger partial charge < -0.3 is 10.2 Å². The normalized spacial score (nSPS) is 15.5. The SMILES string of the molecule is CC(=O)NCCc1ccc(C(C)(C)N2CCN(c3ccc(F)cc3)CC2)cc1. The summed E-state index contributed by atoms with van der Waals surface area (Å²) in [6.07, 6.45) is 0.844. The van der Waals surface area contributed by atoms with E-state index in [1.807, 2.05) is 12.1 Å². The van der Waals surface area contributed by atoms with Gasteiger partial charge in [-0.15, -0.1) is 0 Å². The number of piperazine rings is 1. The quantitative estimate of drug-likeness (QED) is 0.828. The van der Waals surface area contributed by atoms with Crippen molar-refractivity contribution in [1.82, 2.24) is 10.2 Å². The molecule has 28 heavy (non-hydrogen) atoms. The lowest BCUT2D eigenvalue weighted by Crippen LogP contribution is -2.53. The Bertz CT molecular complexity index is 778. The van der Waals surface area contributed by atoms with Gasteiger partial charge in [0.25, 0.3) is 0 Å². The molecule has 1 N–H and O–H groups in total. The van der Waals surface area contributed by atoms with E-state index in [4.69, 9.17) is 0 Å². The van der Waals surface area contributed by atoms with Gasteiger partial charge in [0.15, 0.2) is 0 Å². The van der Waals surface area contributed by atoms with Crippen LogP contribution in [0.15, 0.2) is 48.5 Å². The van der Waals surface area contributed by atoms with Gasteiger partial charge in [0, 0.05) is 50.9 Å². The molecule has 1 fully saturated rings. The molecule has 0 aliphatic carbocycles. The predicted molar refractivity (Wildman–Crippen MR) is 112 cm³/mol. The highest BCUT2D eigenvalue weighted by Crippen LogP contribution is 2.30. The van der Waals surface area contributed by atoms with Gasteiger partial charge >= 0.3 is 0 Å². The fourth-order valence-corrected chi connectivity index (χ4v) is 3.82. The van der Waals surface area contributed by atoms with Crippen molar-refractivity contribution in [3.63, 3.8) is 0 Å². The molecule has 0 aromatic heterocycles. The van der Waals surface area contributed by atoms with Gasteiger partial charge in [-0.25, -0.2) is 4.39 Å². The third-order valence-electron chi connectivity index (χ3n) is 5.71. The molecule has 1 aliphatic rings. The van der Waals surface area contributed by atoms with E-state index in [2.05, 4.69) is 53.2 Å². The first-order chi connectivity index (χ1) is 13.4. The van der Waals surface area contributed by atoms with Crippen LogP contribution in [0.25, 0.3) is 0 Å². The Morgan fingerprint density at radius 2 is 1.61 bits per heavy atom. The first kappa shape index (κ1) is 20.3. The van der Waals surface area contributed by atoms with Gasteiger partial charge in [-0.3, -0.25) is 9.69 Å². The minimum atomic E-state index is -0.191. The Kier molecular flexibility index (Phi) is 6.35. The second kappa shape index (κ2) is 8.74. The smallest absolute Gasteiger partial charge is 0.216 e. The Morgan fingerprint density at radius 1 is 1.00 bits per heavy atom. The summed E-state index contributed by atoms with van der Waals surface area (Å²) >= 11 is 0. The number of hydrogen-bond donors (Lipinski definition) is 1. The maximum atomic E-state index is 13.1. The maximum Gasteiger partial charge on any atom is 0.216 e. The van der Waals surface area contributed by atoms with E-state index in [0.717, 1.165) is 38.3 Å². The van der Waals surface area contributed by atoms with E-state index in [-0.39, 0.29) is 17.3 Å². The molecular weight excluding hydrogens is 353 g/mol. The van der Waals surface area contributed by atoms with Crippen molar-refractivity contribution in [3.8, 4) is 0 Å². The summed E-state index contributed by atoms with van der Waals surface area (Å²) in [6, 6.07) is 15.5. The first-order valence-electron chi connectivity index (χ1n) is 9.96. The Morgan fingerprint density at radius 3 is 2.18 bits per heavy atom. The van der Waals surface area contributed by atoms with E-state index < -0.39 is 0 Å². The number of benzene rings is 2. The highest BCUT2D eigenvalue weighted by molar-refractivity contribution is 5.72. The number of amides is 1. The van der Waals surface area contributed by atoms with Crippen molar-refractivity contribution in [2.45, 2.75) is 32.7 Å². The number of carbonyl (C=O) groups excluding carboxylic acids is 1. The summed E-state index contributed by atoms with van der Waals surface area (Å²) in [7, 11) is 0. The van der Waals surface area contributed by atoms with Crippen LogP contribution in [0.3, 0.4) is 0 Å². The van der Waals surface area contributed by atoms with Gasteiger partial charge in [0.2, 0.25) is 5.91 Å². The van der Waals surface area contributed by atoms with Crippen LogP contribution < -0.4 is 10.2 Å². The topological polar surface area (TPSA) is 35.6 Å². The molecule has 0 bridgehead atoms. The molecule has 1 amide bonds. The average Bonchev–Trinajstić information content (AvgIpc) is 2.69. The van der Waals surface area contributed by atoms with E-state index in [1.165, 1.54) is 23.3 Å². The largest absolute Gasteiger partial charge is 0.369 e. The third kappa shape index (κ3) is 4.90. The lowest BCUT2D eigenvalue weighted by Gasteiger charge is -2.45. The molecule has 3 rings (SSSR count). The number of hydrogen-bond acceptors (Lipinski definition) is 3. The van der Waals surface area contributed by atoms with Crippen molar-refractivity contribution >= 4 is 11.6 Å². The van der Waals surface area contributed by atoms with E-state index in [0.29, 0.717) is 6.54 Å². The number of nitrogens with one attached hydrogen (secondary N) is 1. The van der Waals surface area contributed by atoms with Crippen molar-refractivity contribution in [2.75, 3.05) is 37.6 Å². The van der Waals surface area contributed by atoms with Gasteiger partial charge in [-0.05, 0) is 55.7 Å². The fourth-order valence-electron chi connectivity index (χ4n) is 3.82. The number of halogens is 1. The molecule has 5 heteroatoms. The molecule has 0 unspecified atom stereocenters. The van der Waals surface area contributed by atoms with Crippen molar-refractivity contribution < 1.29 is 9.18 Å². The van der Waals surface area contributed by atoms with Crippen LogP contribution in [0.2, 0.25) is 0 Å². The number of nitrogens with zero attached hydrogens (tertiary/aromatic N) is 2. The Hall–Kier alpha value is -2.40. The van der Waals surface area contributed by atoms with E-state index >= 15 is 0 Å². The summed E-state index contributed by atoms with van der Waals surface area (Å²) in [4.78, 5) is 15.8. The summed E-state index contributed by atoms with van der Waals surface area (Å²) in [5.41, 5.74) is 3.56. The summed E-state index contributed by atoms with van der Waals surface area (Å²) in [6.45, 7) is 10.6. The molecule has 1 saturated heterocycles. The molecule has 2 aromatic carbocycles. The number of rotatable bonds is 6. The van der Waals surface area contributed by atoms with Crippen LogP contribution in [0.5, 0.6) is 0 Å². The fraction of sp³-hybridized carbons (Fsp3) is 0.435. The van der Waals surface area contributed by atoms with Crippen LogP contribution in [0, 0.1) is 5.82 Å². The monoisotopic (exact) mass is 383 g/mol. The molecule has 150 valence electrons. The second-order valence-corrected chi connectivity index (χ2v) is 7.94. The van der Waals surface area contributed by atoms with Gasteiger partial charge in [0.1, 0.15) is 5.82 Å². The van der Waals surface area contributed by atoms with Crippen LogP contribution in [-0.2, 0) is 16.8 Å². The van der Waals surface area contributed by atoms with Crippen LogP contribution in [0.4, 0.5) is 10.1 Å². The summed E-state index contributed by atoms with van der Waals surface area (Å²) in [5.74, 6) is -0.179. The third-order valence-corrected chi connectivity index (χ3v) is 5.71. The molecule has 0 radical (unpaired) electrons. The molecule has 1 heterocycles. The van der Waals surface area contributed by atoms with E-state index in [1.54, 1.807) is 6.92 Å².